The topological polar surface area (TPSA) is 38.9 Å². The fourth-order valence-electron chi connectivity index (χ4n) is 1.41. The lowest BCUT2D eigenvalue weighted by molar-refractivity contribution is 0.629. The van der Waals surface area contributed by atoms with E-state index in [1.807, 2.05) is 34.6 Å². The van der Waals surface area contributed by atoms with E-state index < -0.39 is 0 Å². The van der Waals surface area contributed by atoms with Gasteiger partial charge in [-0.3, -0.25) is 0 Å². The number of pyridine rings is 1. The Morgan fingerprint density at radius 2 is 1.65 bits per heavy atom. The first kappa shape index (κ1) is 15.4. The number of aromatic nitrogens is 1. The molecule has 17 heavy (non-hydrogen) atoms. The first-order valence-electron chi connectivity index (χ1n) is 5.99. The number of nitrogens with zero attached hydrogens (tertiary/aromatic N) is 1. The summed E-state index contributed by atoms with van der Waals surface area (Å²) in [4.78, 5) is 4.05. The average molecular weight is 236 g/mol. The van der Waals surface area contributed by atoms with Crippen molar-refractivity contribution in [1.82, 2.24) is 4.98 Å². The Morgan fingerprint density at radius 3 is 2.24 bits per heavy atom. The number of aryl methyl sites for hydroxylation is 1. The molecule has 0 aliphatic carbocycles. The molecule has 0 unspecified atom stereocenters. The SMILES string of the molecule is CC.CC.Cc1nc(N)cc2ccc(F)cc12. The molecule has 94 valence electrons. The van der Waals surface area contributed by atoms with Gasteiger partial charge in [0, 0.05) is 11.1 Å². The second-order valence-corrected chi connectivity index (χ2v) is 3.00. The van der Waals surface area contributed by atoms with Gasteiger partial charge in [-0.2, -0.15) is 0 Å². The number of anilines is 1. The maximum Gasteiger partial charge on any atom is 0.124 e. The Kier molecular flexibility index (Phi) is 6.87. The second kappa shape index (κ2) is 7.60. The van der Waals surface area contributed by atoms with Gasteiger partial charge in [0.15, 0.2) is 0 Å². The molecule has 3 heteroatoms. The van der Waals surface area contributed by atoms with E-state index in [1.54, 1.807) is 12.1 Å². The number of benzene rings is 1. The zero-order valence-electron chi connectivity index (χ0n) is 11.2. The molecule has 0 aliphatic heterocycles. The third-order valence-corrected chi connectivity index (χ3v) is 2.01. The lowest BCUT2D eigenvalue weighted by atomic mass is 10.1. The van der Waals surface area contributed by atoms with Crippen molar-refractivity contribution >= 4 is 16.6 Å². The van der Waals surface area contributed by atoms with E-state index in [4.69, 9.17) is 5.73 Å². The van der Waals surface area contributed by atoms with Crippen molar-refractivity contribution in [3.8, 4) is 0 Å². The zero-order chi connectivity index (χ0) is 13.4. The summed E-state index contributed by atoms with van der Waals surface area (Å²) in [6.45, 7) is 9.82. The molecule has 0 radical (unpaired) electrons. The van der Waals surface area contributed by atoms with E-state index in [0.717, 1.165) is 16.5 Å². The maximum absolute atomic E-state index is 12.9. The van der Waals surface area contributed by atoms with Gasteiger partial charge in [-0.05, 0) is 30.5 Å². The standard InChI is InChI=1S/C10H9FN2.2C2H6/c1-6-9-5-8(11)3-2-7(9)4-10(12)13-6;2*1-2/h2-5H,1H3,(H2,12,13);2*1-2H3. The third-order valence-electron chi connectivity index (χ3n) is 2.01. The highest BCUT2D eigenvalue weighted by Gasteiger charge is 2.01. The minimum absolute atomic E-state index is 0.248. The van der Waals surface area contributed by atoms with Crippen LogP contribution < -0.4 is 5.73 Å². The molecule has 2 nitrogen and oxygen atoms in total. The molecular formula is C14H21FN2. The third kappa shape index (κ3) is 4.02. The Morgan fingerprint density at radius 1 is 1.06 bits per heavy atom. The molecule has 2 aromatic rings. The van der Waals surface area contributed by atoms with Crippen molar-refractivity contribution in [2.24, 2.45) is 0 Å². The minimum atomic E-state index is -0.248. The molecule has 1 aromatic heterocycles. The summed E-state index contributed by atoms with van der Waals surface area (Å²) in [6.07, 6.45) is 0. The Balaban J connectivity index is 0.000000581. The molecule has 2 rings (SSSR count). The molecule has 0 saturated heterocycles. The van der Waals surface area contributed by atoms with Crippen molar-refractivity contribution in [2.75, 3.05) is 5.73 Å². The average Bonchev–Trinajstić information content (AvgIpc) is 2.35. The number of halogens is 1. The predicted molar refractivity (Wildman–Crippen MR) is 73.5 cm³/mol. The van der Waals surface area contributed by atoms with E-state index in [2.05, 4.69) is 4.98 Å². The monoisotopic (exact) mass is 236 g/mol. The largest absolute Gasteiger partial charge is 0.384 e. The fraction of sp³-hybridized carbons (Fsp3) is 0.357. The van der Waals surface area contributed by atoms with Crippen LogP contribution in [0.1, 0.15) is 33.4 Å². The van der Waals surface area contributed by atoms with Crippen LogP contribution >= 0.6 is 0 Å². The van der Waals surface area contributed by atoms with E-state index in [0.29, 0.717) is 5.82 Å². The van der Waals surface area contributed by atoms with Gasteiger partial charge in [0.05, 0.1) is 0 Å². The zero-order valence-corrected chi connectivity index (χ0v) is 11.2. The highest BCUT2D eigenvalue weighted by atomic mass is 19.1. The molecule has 0 fully saturated rings. The van der Waals surface area contributed by atoms with Gasteiger partial charge in [0.1, 0.15) is 11.6 Å². The molecule has 0 aliphatic rings. The van der Waals surface area contributed by atoms with Crippen LogP contribution in [0.15, 0.2) is 24.3 Å². The highest BCUT2D eigenvalue weighted by molar-refractivity contribution is 5.86. The summed E-state index contributed by atoms with van der Waals surface area (Å²) < 4.78 is 12.9. The van der Waals surface area contributed by atoms with Crippen LogP contribution in [0.4, 0.5) is 10.2 Å². The van der Waals surface area contributed by atoms with Gasteiger partial charge < -0.3 is 5.73 Å². The first-order valence-corrected chi connectivity index (χ1v) is 5.99. The van der Waals surface area contributed by atoms with Gasteiger partial charge in [0.25, 0.3) is 0 Å². The summed E-state index contributed by atoms with van der Waals surface area (Å²) in [7, 11) is 0. The summed E-state index contributed by atoms with van der Waals surface area (Å²) in [5.41, 5.74) is 6.32. The highest BCUT2D eigenvalue weighted by Crippen LogP contribution is 2.19. The van der Waals surface area contributed by atoms with Crippen LogP contribution in [0, 0.1) is 12.7 Å². The number of fused-ring (bicyclic) bond motifs is 1. The summed E-state index contributed by atoms with van der Waals surface area (Å²) in [5.74, 6) is 0.221. The Hall–Kier alpha value is -1.64. The number of hydrogen-bond donors (Lipinski definition) is 1. The molecular weight excluding hydrogens is 215 g/mol. The number of rotatable bonds is 0. The Labute approximate surface area is 103 Å². The smallest absolute Gasteiger partial charge is 0.124 e. The fourth-order valence-corrected chi connectivity index (χ4v) is 1.41. The number of hydrogen-bond acceptors (Lipinski definition) is 2. The normalized spacial score (nSPS) is 8.82. The summed E-state index contributed by atoms with van der Waals surface area (Å²) >= 11 is 0. The molecule has 0 spiro atoms. The molecule has 1 heterocycles. The van der Waals surface area contributed by atoms with Crippen molar-refractivity contribution in [2.45, 2.75) is 34.6 Å². The molecule has 2 N–H and O–H groups in total. The van der Waals surface area contributed by atoms with E-state index in [1.165, 1.54) is 12.1 Å². The van der Waals surface area contributed by atoms with Gasteiger partial charge in [-0.25, -0.2) is 9.37 Å². The van der Waals surface area contributed by atoms with Crippen LogP contribution in [-0.2, 0) is 0 Å². The van der Waals surface area contributed by atoms with Crippen LogP contribution in [0.25, 0.3) is 10.8 Å². The van der Waals surface area contributed by atoms with Crippen LogP contribution in [0.3, 0.4) is 0 Å². The van der Waals surface area contributed by atoms with Crippen LogP contribution in [-0.4, -0.2) is 4.98 Å². The molecule has 0 amide bonds. The van der Waals surface area contributed by atoms with E-state index in [9.17, 15) is 4.39 Å². The van der Waals surface area contributed by atoms with E-state index in [-0.39, 0.29) is 5.82 Å². The number of nitrogens with two attached hydrogens (primary N) is 1. The van der Waals surface area contributed by atoms with Crippen LogP contribution in [0.5, 0.6) is 0 Å². The molecule has 0 bridgehead atoms. The first-order chi connectivity index (χ1) is 8.16. The Bertz CT molecular complexity index is 467. The molecule has 0 saturated carbocycles. The van der Waals surface area contributed by atoms with Gasteiger partial charge in [-0.1, -0.05) is 33.8 Å². The predicted octanol–water partition coefficient (Wildman–Crippen LogP) is 4.32. The van der Waals surface area contributed by atoms with Gasteiger partial charge in [0.2, 0.25) is 0 Å². The van der Waals surface area contributed by atoms with Crippen molar-refractivity contribution in [3.63, 3.8) is 0 Å². The molecule has 1 aromatic carbocycles. The van der Waals surface area contributed by atoms with Gasteiger partial charge >= 0.3 is 0 Å². The minimum Gasteiger partial charge on any atom is -0.384 e. The maximum atomic E-state index is 12.9. The van der Waals surface area contributed by atoms with Gasteiger partial charge in [-0.15, -0.1) is 0 Å². The number of nitrogen functional groups attached to an aromatic ring is 1. The summed E-state index contributed by atoms with van der Waals surface area (Å²) in [5, 5.41) is 1.74. The van der Waals surface area contributed by atoms with E-state index >= 15 is 0 Å². The van der Waals surface area contributed by atoms with Crippen molar-refractivity contribution in [1.29, 1.82) is 0 Å². The van der Waals surface area contributed by atoms with Crippen molar-refractivity contribution < 1.29 is 4.39 Å². The second-order valence-electron chi connectivity index (χ2n) is 3.00. The lowest BCUT2D eigenvalue weighted by Gasteiger charge is -2.02. The lowest BCUT2D eigenvalue weighted by Crippen LogP contribution is -1.93. The molecule has 0 atom stereocenters. The quantitative estimate of drug-likeness (QED) is 0.740. The van der Waals surface area contributed by atoms with Crippen molar-refractivity contribution in [3.05, 3.63) is 35.8 Å². The van der Waals surface area contributed by atoms with Crippen LogP contribution in [0.2, 0.25) is 0 Å². The summed E-state index contributed by atoms with van der Waals surface area (Å²) in [6, 6.07) is 6.33.